The molecule has 2 N–H and O–H groups in total. The lowest BCUT2D eigenvalue weighted by atomic mass is 9.82. The Balaban J connectivity index is 2.20. The topological polar surface area (TPSA) is 66.4 Å². The summed E-state index contributed by atoms with van der Waals surface area (Å²) in [6.45, 7) is 3.00. The van der Waals surface area contributed by atoms with Crippen molar-refractivity contribution < 1.29 is 14.7 Å². The second-order valence-electron chi connectivity index (χ2n) is 5.56. The lowest BCUT2D eigenvalue weighted by molar-refractivity contribution is -0.146. The summed E-state index contributed by atoms with van der Waals surface area (Å²) in [6, 6.07) is 7.90. The number of benzene rings is 1. The van der Waals surface area contributed by atoms with Crippen molar-refractivity contribution in [3.63, 3.8) is 0 Å². The highest BCUT2D eigenvalue weighted by Crippen LogP contribution is 2.31. The zero-order valence-corrected chi connectivity index (χ0v) is 11.3. The van der Waals surface area contributed by atoms with E-state index in [1.807, 2.05) is 24.3 Å². The summed E-state index contributed by atoms with van der Waals surface area (Å²) in [5, 5.41) is 11.7. The molecule has 0 radical (unpaired) electrons. The maximum atomic E-state index is 12.3. The Labute approximate surface area is 112 Å². The minimum atomic E-state index is -1.23. The summed E-state index contributed by atoms with van der Waals surface area (Å²) in [7, 11) is 0. The Morgan fingerprint density at radius 1 is 1.32 bits per heavy atom. The van der Waals surface area contributed by atoms with Gasteiger partial charge in [0.2, 0.25) is 5.91 Å². The number of amides is 1. The summed E-state index contributed by atoms with van der Waals surface area (Å²) < 4.78 is 0. The Morgan fingerprint density at radius 3 is 2.68 bits per heavy atom. The van der Waals surface area contributed by atoms with Gasteiger partial charge in [0, 0.05) is 0 Å². The first-order valence-corrected chi connectivity index (χ1v) is 6.55. The molecule has 0 aliphatic heterocycles. The van der Waals surface area contributed by atoms with Gasteiger partial charge in [0.1, 0.15) is 5.54 Å². The Bertz CT molecular complexity index is 508. The average molecular weight is 261 g/mol. The van der Waals surface area contributed by atoms with Crippen LogP contribution in [-0.2, 0) is 16.0 Å². The van der Waals surface area contributed by atoms with Gasteiger partial charge in [-0.3, -0.25) is 4.79 Å². The van der Waals surface area contributed by atoms with Crippen LogP contribution in [0, 0.1) is 0 Å². The molecule has 1 aromatic carbocycles. The van der Waals surface area contributed by atoms with Crippen molar-refractivity contribution in [2.75, 3.05) is 0 Å². The molecule has 1 aromatic rings. The number of aliphatic carboxylic acids is 1. The lowest BCUT2D eigenvalue weighted by Gasteiger charge is -2.28. The fourth-order valence-electron chi connectivity index (χ4n) is 2.47. The standard InChI is InChI=1S/C15H19NO3/c1-15(2,14(18)19)16-13(17)12-9-5-7-10-6-3-4-8-11(10)12/h3-4,6,8,12H,5,7,9H2,1-2H3,(H,16,17)(H,18,19). The molecule has 102 valence electrons. The number of carbonyl (C=O) groups excluding carboxylic acids is 1. The molecule has 1 unspecified atom stereocenters. The van der Waals surface area contributed by atoms with E-state index in [0.29, 0.717) is 0 Å². The molecule has 4 heteroatoms. The minimum absolute atomic E-state index is 0.195. The third kappa shape index (κ3) is 2.78. The van der Waals surface area contributed by atoms with Crippen molar-refractivity contribution in [1.82, 2.24) is 5.32 Å². The van der Waals surface area contributed by atoms with Crippen LogP contribution in [0.3, 0.4) is 0 Å². The number of aryl methyl sites for hydroxylation is 1. The maximum Gasteiger partial charge on any atom is 0.328 e. The number of rotatable bonds is 3. The van der Waals surface area contributed by atoms with Gasteiger partial charge in [-0.15, -0.1) is 0 Å². The summed E-state index contributed by atoms with van der Waals surface area (Å²) in [6.07, 6.45) is 2.73. The van der Waals surface area contributed by atoms with E-state index in [1.165, 1.54) is 19.4 Å². The molecule has 19 heavy (non-hydrogen) atoms. The fraction of sp³-hybridized carbons (Fsp3) is 0.467. The van der Waals surface area contributed by atoms with Crippen molar-refractivity contribution >= 4 is 11.9 Å². The van der Waals surface area contributed by atoms with Gasteiger partial charge < -0.3 is 10.4 Å². The van der Waals surface area contributed by atoms with Gasteiger partial charge in [0.05, 0.1) is 5.92 Å². The molecule has 1 amide bonds. The van der Waals surface area contributed by atoms with Crippen molar-refractivity contribution in [2.45, 2.75) is 44.6 Å². The Hall–Kier alpha value is -1.84. The van der Waals surface area contributed by atoms with E-state index >= 15 is 0 Å². The highest BCUT2D eigenvalue weighted by atomic mass is 16.4. The predicted molar refractivity (Wildman–Crippen MR) is 72.0 cm³/mol. The van der Waals surface area contributed by atoms with Crippen LogP contribution in [0.2, 0.25) is 0 Å². The van der Waals surface area contributed by atoms with E-state index < -0.39 is 11.5 Å². The SMILES string of the molecule is CC(C)(NC(=O)C1CCCc2ccccc21)C(=O)O. The van der Waals surface area contributed by atoms with Crippen molar-refractivity contribution in [1.29, 1.82) is 0 Å². The predicted octanol–water partition coefficient (Wildman–Crippen LogP) is 2.09. The number of carbonyl (C=O) groups is 2. The molecular weight excluding hydrogens is 242 g/mol. The van der Waals surface area contributed by atoms with Gasteiger partial charge >= 0.3 is 5.97 Å². The maximum absolute atomic E-state index is 12.3. The van der Waals surface area contributed by atoms with E-state index in [0.717, 1.165) is 24.8 Å². The molecule has 0 spiro atoms. The Kier molecular flexibility index (Phi) is 3.60. The number of carboxylic acids is 1. The molecule has 0 saturated heterocycles. The van der Waals surface area contributed by atoms with Gasteiger partial charge in [0.15, 0.2) is 0 Å². The first-order chi connectivity index (χ1) is 8.92. The van der Waals surface area contributed by atoms with E-state index in [9.17, 15) is 9.59 Å². The summed E-state index contributed by atoms with van der Waals surface area (Å²) in [4.78, 5) is 23.4. The molecular formula is C15H19NO3. The molecule has 1 atom stereocenters. The lowest BCUT2D eigenvalue weighted by Crippen LogP contribution is -2.51. The van der Waals surface area contributed by atoms with Crippen LogP contribution in [-0.4, -0.2) is 22.5 Å². The minimum Gasteiger partial charge on any atom is -0.480 e. The second-order valence-corrected chi connectivity index (χ2v) is 5.56. The van der Waals surface area contributed by atoms with Gasteiger partial charge in [-0.25, -0.2) is 4.79 Å². The van der Waals surface area contributed by atoms with Crippen molar-refractivity contribution in [3.8, 4) is 0 Å². The van der Waals surface area contributed by atoms with E-state index in [2.05, 4.69) is 5.32 Å². The van der Waals surface area contributed by atoms with Gasteiger partial charge in [0.25, 0.3) is 0 Å². The Morgan fingerprint density at radius 2 is 2.00 bits per heavy atom. The quantitative estimate of drug-likeness (QED) is 0.875. The highest BCUT2D eigenvalue weighted by Gasteiger charge is 2.33. The van der Waals surface area contributed by atoms with Crippen LogP contribution in [0.4, 0.5) is 0 Å². The van der Waals surface area contributed by atoms with Crippen LogP contribution >= 0.6 is 0 Å². The fourth-order valence-corrected chi connectivity index (χ4v) is 2.47. The number of fused-ring (bicyclic) bond motifs is 1. The molecule has 0 bridgehead atoms. The van der Waals surface area contributed by atoms with Gasteiger partial charge in [-0.2, -0.15) is 0 Å². The largest absolute Gasteiger partial charge is 0.480 e. The van der Waals surface area contributed by atoms with Crippen LogP contribution in [0.25, 0.3) is 0 Å². The van der Waals surface area contributed by atoms with Gasteiger partial charge in [-0.05, 0) is 44.2 Å². The summed E-state index contributed by atoms with van der Waals surface area (Å²) in [5.74, 6) is -1.45. The van der Waals surface area contributed by atoms with Crippen LogP contribution < -0.4 is 5.32 Å². The highest BCUT2D eigenvalue weighted by molar-refractivity contribution is 5.90. The first-order valence-electron chi connectivity index (χ1n) is 6.55. The molecule has 0 heterocycles. The summed E-state index contributed by atoms with van der Waals surface area (Å²) >= 11 is 0. The normalized spacial score (nSPS) is 18.5. The van der Waals surface area contributed by atoms with Crippen molar-refractivity contribution in [3.05, 3.63) is 35.4 Å². The molecule has 1 aliphatic carbocycles. The number of hydrogen-bond donors (Lipinski definition) is 2. The van der Waals surface area contributed by atoms with E-state index in [-0.39, 0.29) is 11.8 Å². The van der Waals surface area contributed by atoms with Gasteiger partial charge in [-0.1, -0.05) is 24.3 Å². The third-order valence-electron chi connectivity index (χ3n) is 3.66. The smallest absolute Gasteiger partial charge is 0.328 e. The number of hydrogen-bond acceptors (Lipinski definition) is 2. The third-order valence-corrected chi connectivity index (χ3v) is 3.66. The molecule has 4 nitrogen and oxygen atoms in total. The zero-order valence-electron chi connectivity index (χ0n) is 11.3. The molecule has 0 fully saturated rings. The molecule has 1 aliphatic rings. The monoisotopic (exact) mass is 261 g/mol. The molecule has 0 saturated carbocycles. The average Bonchev–Trinajstić information content (AvgIpc) is 2.37. The van der Waals surface area contributed by atoms with Crippen molar-refractivity contribution in [2.24, 2.45) is 0 Å². The number of nitrogens with one attached hydrogen (secondary N) is 1. The number of carboxylic acid groups (broad SMARTS) is 1. The van der Waals surface area contributed by atoms with Crippen LogP contribution in [0.5, 0.6) is 0 Å². The molecule has 0 aromatic heterocycles. The second kappa shape index (κ2) is 5.03. The zero-order chi connectivity index (χ0) is 14.0. The van der Waals surface area contributed by atoms with Crippen LogP contribution in [0.1, 0.15) is 43.7 Å². The molecule has 2 rings (SSSR count). The van der Waals surface area contributed by atoms with Crippen LogP contribution in [0.15, 0.2) is 24.3 Å². The first kappa shape index (κ1) is 13.6. The summed E-state index contributed by atoms with van der Waals surface area (Å²) in [5.41, 5.74) is 0.998. The van der Waals surface area contributed by atoms with E-state index in [4.69, 9.17) is 5.11 Å². The van der Waals surface area contributed by atoms with E-state index in [1.54, 1.807) is 0 Å².